The number of aryl methyl sites for hydroxylation is 1. The molecule has 1 aliphatic carbocycles. The van der Waals surface area contributed by atoms with Crippen molar-refractivity contribution >= 4 is 35.1 Å². The summed E-state index contributed by atoms with van der Waals surface area (Å²) in [5.74, 6) is -1.44. The van der Waals surface area contributed by atoms with E-state index in [1.807, 2.05) is 38.1 Å². The molecule has 3 amide bonds. The van der Waals surface area contributed by atoms with Gasteiger partial charge in [0.2, 0.25) is 17.7 Å². The van der Waals surface area contributed by atoms with Gasteiger partial charge in [-0.1, -0.05) is 31.2 Å². The highest BCUT2D eigenvalue weighted by Crippen LogP contribution is 2.42. The Balaban J connectivity index is 1.29. The van der Waals surface area contributed by atoms with Gasteiger partial charge >= 0.3 is 5.97 Å². The number of hydrogen-bond donors (Lipinski definition) is 0. The average molecular weight is 503 g/mol. The first kappa shape index (κ1) is 24.7. The summed E-state index contributed by atoms with van der Waals surface area (Å²) in [6, 6.07) is 12.1. The van der Waals surface area contributed by atoms with Gasteiger partial charge in [0.1, 0.15) is 11.5 Å². The van der Waals surface area contributed by atoms with E-state index in [0.29, 0.717) is 41.5 Å². The average Bonchev–Trinajstić information content (AvgIpc) is 3.38. The molecule has 5 rings (SSSR count). The minimum Gasteiger partial charge on any atom is -0.492 e. The number of para-hydroxylation sites is 2. The summed E-state index contributed by atoms with van der Waals surface area (Å²) in [6.07, 6.45) is 4.58. The van der Waals surface area contributed by atoms with Crippen molar-refractivity contribution in [2.24, 2.45) is 23.7 Å². The smallest absolute Gasteiger partial charge is 0.316 e. The number of nitrogens with zero attached hydrogens (tertiary/aromatic N) is 2. The van der Waals surface area contributed by atoms with E-state index in [9.17, 15) is 19.2 Å². The van der Waals surface area contributed by atoms with Gasteiger partial charge in [0.15, 0.2) is 0 Å². The Morgan fingerprint density at radius 3 is 2.57 bits per heavy atom. The van der Waals surface area contributed by atoms with E-state index in [1.54, 1.807) is 42.2 Å². The summed E-state index contributed by atoms with van der Waals surface area (Å²) in [7, 11) is 0. The van der Waals surface area contributed by atoms with Gasteiger partial charge in [0.05, 0.1) is 35.7 Å². The van der Waals surface area contributed by atoms with Crippen LogP contribution in [0, 0.1) is 30.6 Å². The van der Waals surface area contributed by atoms with Crippen LogP contribution in [0.5, 0.6) is 11.5 Å². The van der Waals surface area contributed by atoms with E-state index >= 15 is 0 Å². The second-order valence-corrected chi connectivity index (χ2v) is 9.84. The third kappa shape index (κ3) is 4.41. The van der Waals surface area contributed by atoms with E-state index in [-0.39, 0.29) is 48.4 Å². The Labute approximate surface area is 215 Å². The van der Waals surface area contributed by atoms with Gasteiger partial charge < -0.3 is 14.4 Å². The first-order valence-electron chi connectivity index (χ1n) is 12.7. The molecule has 2 saturated heterocycles. The molecule has 192 valence electrons. The summed E-state index contributed by atoms with van der Waals surface area (Å²) in [6.45, 7) is 6.27. The van der Waals surface area contributed by atoms with Crippen molar-refractivity contribution in [3.63, 3.8) is 0 Å². The fourth-order valence-corrected chi connectivity index (χ4v) is 5.58. The molecular weight excluding hydrogens is 472 g/mol. The number of anilines is 2. The van der Waals surface area contributed by atoms with Crippen molar-refractivity contribution in [1.82, 2.24) is 0 Å². The standard InChI is InChI=1S/C29H30N2O6/c1-4-36-24-11-6-5-10-23(24)30-16-19(15-25(30)32)29(35)37-20-12-13-22(18(3)14-20)31-27(33)21-9-7-8-17(2)26(21)28(31)34/h5-8,10-14,17,19,21,26H,4,9,15-16H2,1-3H3/t17-,19+,21+,26+/m0/s1. The molecule has 2 aromatic rings. The lowest BCUT2D eigenvalue weighted by Crippen LogP contribution is -2.32. The molecule has 2 aromatic carbocycles. The normalized spacial score (nSPS) is 25.0. The number of carbonyl (C=O) groups is 4. The van der Waals surface area contributed by atoms with E-state index in [0.717, 1.165) is 0 Å². The second kappa shape index (κ2) is 9.84. The van der Waals surface area contributed by atoms with Crippen molar-refractivity contribution in [2.75, 3.05) is 23.0 Å². The van der Waals surface area contributed by atoms with Crippen molar-refractivity contribution in [3.05, 3.63) is 60.2 Å². The SMILES string of the molecule is CCOc1ccccc1N1C[C@H](C(=O)Oc2ccc(N3C(=O)[C@@H]4[C@@H](C)C=CC[C@H]4C3=O)c(C)c2)CC1=O. The van der Waals surface area contributed by atoms with Crippen molar-refractivity contribution in [2.45, 2.75) is 33.6 Å². The van der Waals surface area contributed by atoms with Gasteiger partial charge in [-0.05, 0) is 62.1 Å². The molecule has 2 heterocycles. The zero-order chi connectivity index (χ0) is 26.3. The van der Waals surface area contributed by atoms with Crippen molar-refractivity contribution in [1.29, 1.82) is 0 Å². The zero-order valence-electron chi connectivity index (χ0n) is 21.2. The molecule has 0 unspecified atom stereocenters. The molecule has 8 heteroatoms. The molecule has 8 nitrogen and oxygen atoms in total. The number of esters is 1. The van der Waals surface area contributed by atoms with Gasteiger partial charge in [-0.2, -0.15) is 0 Å². The summed E-state index contributed by atoms with van der Waals surface area (Å²) in [5, 5.41) is 0. The number of fused-ring (bicyclic) bond motifs is 1. The largest absolute Gasteiger partial charge is 0.492 e. The van der Waals surface area contributed by atoms with Crippen LogP contribution in [0.3, 0.4) is 0 Å². The Hall–Kier alpha value is -3.94. The van der Waals surface area contributed by atoms with Crippen LogP contribution in [-0.4, -0.2) is 36.8 Å². The molecule has 0 saturated carbocycles. The molecular formula is C29H30N2O6. The van der Waals surface area contributed by atoms with Crippen LogP contribution >= 0.6 is 0 Å². The number of hydrogen-bond acceptors (Lipinski definition) is 6. The predicted molar refractivity (Wildman–Crippen MR) is 137 cm³/mol. The first-order valence-corrected chi connectivity index (χ1v) is 12.7. The highest BCUT2D eigenvalue weighted by atomic mass is 16.5. The molecule has 37 heavy (non-hydrogen) atoms. The summed E-state index contributed by atoms with van der Waals surface area (Å²) in [4.78, 5) is 54.7. The van der Waals surface area contributed by atoms with Gasteiger partial charge in [-0.15, -0.1) is 0 Å². The summed E-state index contributed by atoms with van der Waals surface area (Å²) >= 11 is 0. The van der Waals surface area contributed by atoms with Crippen LogP contribution in [0.25, 0.3) is 0 Å². The lowest BCUT2D eigenvalue weighted by molar-refractivity contribution is -0.139. The molecule has 0 aromatic heterocycles. The Morgan fingerprint density at radius 1 is 1.05 bits per heavy atom. The number of carbonyl (C=O) groups excluding carboxylic acids is 4. The van der Waals surface area contributed by atoms with Crippen LogP contribution in [0.4, 0.5) is 11.4 Å². The molecule has 2 aliphatic heterocycles. The number of imide groups is 1. The highest BCUT2D eigenvalue weighted by Gasteiger charge is 2.50. The second-order valence-electron chi connectivity index (χ2n) is 9.84. The quantitative estimate of drug-likeness (QED) is 0.256. The minimum atomic E-state index is -0.624. The number of benzene rings is 2. The first-order chi connectivity index (χ1) is 17.8. The fourth-order valence-electron chi connectivity index (χ4n) is 5.58. The molecule has 0 spiro atoms. The van der Waals surface area contributed by atoms with Crippen LogP contribution in [0.15, 0.2) is 54.6 Å². The number of allylic oxidation sites excluding steroid dienone is 2. The molecule has 4 atom stereocenters. The Morgan fingerprint density at radius 2 is 1.84 bits per heavy atom. The van der Waals surface area contributed by atoms with Gasteiger partial charge in [-0.25, -0.2) is 4.90 Å². The lowest BCUT2D eigenvalue weighted by atomic mass is 9.78. The predicted octanol–water partition coefficient (Wildman–Crippen LogP) is 4.05. The van der Waals surface area contributed by atoms with Crippen molar-refractivity contribution < 1.29 is 28.7 Å². The molecule has 0 bridgehead atoms. The van der Waals surface area contributed by atoms with Gasteiger partial charge in [0.25, 0.3) is 0 Å². The lowest BCUT2D eigenvalue weighted by Gasteiger charge is -2.22. The third-order valence-electron chi connectivity index (χ3n) is 7.41. The zero-order valence-corrected chi connectivity index (χ0v) is 21.2. The maximum absolute atomic E-state index is 13.1. The Kier molecular flexibility index (Phi) is 6.58. The third-order valence-corrected chi connectivity index (χ3v) is 7.41. The van der Waals surface area contributed by atoms with Crippen LogP contribution in [0.2, 0.25) is 0 Å². The number of ether oxygens (including phenoxy) is 2. The molecule has 0 N–H and O–H groups in total. The molecule has 3 aliphatic rings. The molecule has 0 radical (unpaired) electrons. The molecule has 2 fully saturated rings. The summed E-state index contributed by atoms with van der Waals surface area (Å²) < 4.78 is 11.3. The van der Waals surface area contributed by atoms with Crippen molar-refractivity contribution in [3.8, 4) is 11.5 Å². The number of rotatable bonds is 6. The van der Waals surface area contributed by atoms with E-state index in [1.165, 1.54) is 4.90 Å². The maximum atomic E-state index is 13.1. The minimum absolute atomic E-state index is 0.00919. The summed E-state index contributed by atoms with van der Waals surface area (Å²) in [5.41, 5.74) is 1.79. The van der Waals surface area contributed by atoms with Crippen LogP contribution in [0.1, 0.15) is 32.3 Å². The van der Waals surface area contributed by atoms with E-state index < -0.39 is 11.9 Å². The Bertz CT molecular complexity index is 1300. The topological polar surface area (TPSA) is 93.2 Å². The van der Waals surface area contributed by atoms with Crippen LogP contribution < -0.4 is 19.3 Å². The van der Waals surface area contributed by atoms with Gasteiger partial charge in [-0.3, -0.25) is 19.2 Å². The van der Waals surface area contributed by atoms with Crippen LogP contribution in [-0.2, 0) is 19.2 Å². The van der Waals surface area contributed by atoms with E-state index in [4.69, 9.17) is 9.47 Å². The fraction of sp³-hybridized carbons (Fsp3) is 0.379. The highest BCUT2D eigenvalue weighted by molar-refractivity contribution is 6.22. The van der Waals surface area contributed by atoms with E-state index in [2.05, 4.69) is 0 Å². The monoisotopic (exact) mass is 502 g/mol. The maximum Gasteiger partial charge on any atom is 0.316 e. The number of amides is 3. The van der Waals surface area contributed by atoms with Gasteiger partial charge in [0, 0.05) is 13.0 Å².